The number of aryl methyl sites for hydroxylation is 1. The molecule has 0 aliphatic rings. The van der Waals surface area contributed by atoms with Crippen molar-refractivity contribution in [3.05, 3.63) is 16.8 Å². The lowest BCUT2D eigenvalue weighted by molar-refractivity contribution is 0.684. The molecule has 0 aliphatic carbocycles. The van der Waals surface area contributed by atoms with E-state index in [2.05, 4.69) is 35.4 Å². The molecular formula is C12H18N4. The molecule has 16 heavy (non-hydrogen) atoms. The van der Waals surface area contributed by atoms with Crippen molar-refractivity contribution in [2.24, 2.45) is 0 Å². The summed E-state index contributed by atoms with van der Waals surface area (Å²) in [4.78, 5) is 0. The van der Waals surface area contributed by atoms with Gasteiger partial charge in [0.2, 0.25) is 0 Å². The molecule has 1 aromatic rings. The Labute approximate surface area is 96.7 Å². The Bertz CT molecular complexity index is 406. The minimum absolute atomic E-state index is 0.313. The Morgan fingerprint density at radius 2 is 2.06 bits per heavy atom. The van der Waals surface area contributed by atoms with E-state index >= 15 is 0 Å². The summed E-state index contributed by atoms with van der Waals surface area (Å²) in [5, 5.41) is 20.4. The van der Waals surface area contributed by atoms with Gasteiger partial charge in [0.05, 0.1) is 5.69 Å². The second kappa shape index (κ2) is 5.45. The molecule has 1 rings (SSSR count). The molecule has 1 aromatic heterocycles. The van der Waals surface area contributed by atoms with Gasteiger partial charge in [0.25, 0.3) is 0 Å². The zero-order chi connectivity index (χ0) is 12.1. The van der Waals surface area contributed by atoms with E-state index in [1.54, 1.807) is 0 Å². The van der Waals surface area contributed by atoms with Gasteiger partial charge in [-0.05, 0) is 32.8 Å². The predicted octanol–water partition coefficient (Wildman–Crippen LogP) is 2.57. The summed E-state index contributed by atoms with van der Waals surface area (Å²) in [7, 11) is 0. The highest BCUT2D eigenvalue weighted by atomic mass is 15.2. The van der Waals surface area contributed by atoms with Crippen LogP contribution in [0.2, 0.25) is 0 Å². The van der Waals surface area contributed by atoms with E-state index < -0.39 is 0 Å². The molecular weight excluding hydrogens is 200 g/mol. The number of hydrogen-bond donors (Lipinski definition) is 1. The first kappa shape index (κ1) is 12.4. The summed E-state index contributed by atoms with van der Waals surface area (Å²) in [6.45, 7) is 7.98. The van der Waals surface area contributed by atoms with Crippen molar-refractivity contribution in [3.8, 4) is 6.07 Å². The molecule has 0 saturated heterocycles. The molecule has 0 bridgehead atoms. The number of nitriles is 1. The van der Waals surface area contributed by atoms with Gasteiger partial charge in [0.15, 0.2) is 5.82 Å². The maximum atomic E-state index is 9.11. The molecule has 0 radical (unpaired) electrons. The van der Waals surface area contributed by atoms with Gasteiger partial charge in [0, 0.05) is 6.04 Å². The lowest BCUT2D eigenvalue weighted by atomic mass is 10.1. The Balaban J connectivity index is 2.97. The third-order valence-corrected chi connectivity index (χ3v) is 2.67. The van der Waals surface area contributed by atoms with Crippen LogP contribution < -0.4 is 5.32 Å². The summed E-state index contributed by atoms with van der Waals surface area (Å²) < 4.78 is 0. The molecule has 0 fully saturated rings. The van der Waals surface area contributed by atoms with Crippen molar-refractivity contribution in [3.63, 3.8) is 0 Å². The molecule has 1 heterocycles. The molecule has 4 heteroatoms. The summed E-state index contributed by atoms with van der Waals surface area (Å²) in [5.41, 5.74) is 2.32. The van der Waals surface area contributed by atoms with E-state index in [1.165, 1.54) is 0 Å². The smallest absolute Gasteiger partial charge is 0.167 e. The normalized spacial score (nSPS) is 11.9. The second-order valence-electron chi connectivity index (χ2n) is 4.08. The molecule has 0 amide bonds. The number of rotatable bonds is 4. The lowest BCUT2D eigenvalue weighted by Crippen LogP contribution is -2.17. The highest BCUT2D eigenvalue weighted by Crippen LogP contribution is 2.18. The molecule has 86 valence electrons. The van der Waals surface area contributed by atoms with Gasteiger partial charge >= 0.3 is 0 Å². The molecule has 0 aromatic carbocycles. The Morgan fingerprint density at radius 3 is 2.62 bits per heavy atom. The van der Waals surface area contributed by atoms with Crippen molar-refractivity contribution < 1.29 is 0 Å². The average Bonchev–Trinajstić information content (AvgIpc) is 2.24. The van der Waals surface area contributed by atoms with Gasteiger partial charge in [-0.15, -0.1) is 5.10 Å². The highest BCUT2D eigenvalue weighted by Gasteiger charge is 2.12. The van der Waals surface area contributed by atoms with Crippen molar-refractivity contribution in [1.82, 2.24) is 10.2 Å². The van der Waals surface area contributed by atoms with Crippen LogP contribution in [0.5, 0.6) is 0 Å². The molecule has 0 saturated carbocycles. The van der Waals surface area contributed by atoms with Crippen LogP contribution in [-0.4, -0.2) is 16.2 Å². The Morgan fingerprint density at radius 1 is 1.38 bits per heavy atom. The Kier molecular flexibility index (Phi) is 4.24. The summed E-state index contributed by atoms with van der Waals surface area (Å²) in [6.07, 6.45) is 2.16. The number of anilines is 1. The fourth-order valence-electron chi connectivity index (χ4n) is 1.58. The monoisotopic (exact) mass is 218 g/mol. The number of nitrogens with one attached hydrogen (secondary N) is 1. The molecule has 0 aliphatic heterocycles. The Hall–Kier alpha value is -1.63. The first-order valence-corrected chi connectivity index (χ1v) is 5.60. The number of nitrogens with zero attached hydrogens (tertiary/aromatic N) is 3. The SMILES string of the molecule is CCC[C@H](C)Nc1nnc(C)c(C)c1C#N. The molecule has 1 N–H and O–H groups in total. The zero-order valence-electron chi connectivity index (χ0n) is 10.3. The van der Waals surface area contributed by atoms with Crippen molar-refractivity contribution in [2.45, 2.75) is 46.6 Å². The fourth-order valence-corrected chi connectivity index (χ4v) is 1.58. The quantitative estimate of drug-likeness (QED) is 0.843. The van der Waals surface area contributed by atoms with Crippen LogP contribution in [-0.2, 0) is 0 Å². The predicted molar refractivity (Wildman–Crippen MR) is 64.2 cm³/mol. The largest absolute Gasteiger partial charge is 0.365 e. The van der Waals surface area contributed by atoms with E-state index in [4.69, 9.17) is 5.26 Å². The van der Waals surface area contributed by atoms with Crippen LogP contribution in [0.3, 0.4) is 0 Å². The molecule has 1 atom stereocenters. The van der Waals surface area contributed by atoms with Crippen molar-refractivity contribution >= 4 is 5.82 Å². The van der Waals surface area contributed by atoms with Gasteiger partial charge in [-0.1, -0.05) is 13.3 Å². The topological polar surface area (TPSA) is 61.6 Å². The number of aromatic nitrogens is 2. The van der Waals surface area contributed by atoms with Gasteiger partial charge in [0.1, 0.15) is 11.6 Å². The van der Waals surface area contributed by atoms with E-state index in [1.807, 2.05) is 13.8 Å². The van der Waals surface area contributed by atoms with E-state index in [0.717, 1.165) is 24.1 Å². The van der Waals surface area contributed by atoms with Crippen LogP contribution in [0.15, 0.2) is 0 Å². The third kappa shape index (κ3) is 2.69. The van der Waals surface area contributed by atoms with Gasteiger partial charge < -0.3 is 5.32 Å². The lowest BCUT2D eigenvalue weighted by Gasteiger charge is -2.15. The summed E-state index contributed by atoms with van der Waals surface area (Å²) in [5.74, 6) is 0.603. The van der Waals surface area contributed by atoms with E-state index in [-0.39, 0.29) is 0 Å². The maximum Gasteiger partial charge on any atom is 0.167 e. The highest BCUT2D eigenvalue weighted by molar-refractivity contribution is 5.56. The van der Waals surface area contributed by atoms with Crippen molar-refractivity contribution in [2.75, 3.05) is 5.32 Å². The van der Waals surface area contributed by atoms with Gasteiger partial charge in [-0.25, -0.2) is 0 Å². The number of hydrogen-bond acceptors (Lipinski definition) is 4. The van der Waals surface area contributed by atoms with Gasteiger partial charge in [-0.3, -0.25) is 0 Å². The summed E-state index contributed by atoms with van der Waals surface area (Å²) in [6, 6.07) is 2.50. The van der Waals surface area contributed by atoms with E-state index in [9.17, 15) is 0 Å². The maximum absolute atomic E-state index is 9.11. The van der Waals surface area contributed by atoms with Crippen LogP contribution in [0.25, 0.3) is 0 Å². The van der Waals surface area contributed by atoms with Crippen LogP contribution in [0.1, 0.15) is 43.5 Å². The summed E-state index contributed by atoms with van der Waals surface area (Å²) >= 11 is 0. The first-order valence-electron chi connectivity index (χ1n) is 5.60. The van der Waals surface area contributed by atoms with Gasteiger partial charge in [-0.2, -0.15) is 10.4 Å². The average molecular weight is 218 g/mol. The third-order valence-electron chi connectivity index (χ3n) is 2.67. The molecule has 0 spiro atoms. The molecule has 4 nitrogen and oxygen atoms in total. The first-order chi connectivity index (χ1) is 7.60. The minimum Gasteiger partial charge on any atom is -0.365 e. The van der Waals surface area contributed by atoms with E-state index in [0.29, 0.717) is 17.4 Å². The van der Waals surface area contributed by atoms with Crippen LogP contribution >= 0.6 is 0 Å². The second-order valence-corrected chi connectivity index (χ2v) is 4.08. The van der Waals surface area contributed by atoms with Crippen LogP contribution in [0.4, 0.5) is 5.82 Å². The fraction of sp³-hybridized carbons (Fsp3) is 0.583. The standard InChI is InChI=1S/C12H18N4/c1-5-6-8(2)14-12-11(7-13)9(3)10(4)15-16-12/h8H,5-6H2,1-4H3,(H,14,16)/t8-/m0/s1. The molecule has 0 unspecified atom stereocenters. The van der Waals surface area contributed by atoms with Crippen LogP contribution in [0, 0.1) is 25.2 Å². The zero-order valence-corrected chi connectivity index (χ0v) is 10.3. The van der Waals surface area contributed by atoms with Crippen molar-refractivity contribution in [1.29, 1.82) is 5.26 Å². The minimum atomic E-state index is 0.313.